The van der Waals surface area contributed by atoms with Crippen LogP contribution in [0.25, 0.3) is 5.57 Å². The molecule has 68 valence electrons. The molecule has 0 bridgehead atoms. The summed E-state index contributed by atoms with van der Waals surface area (Å²) in [5, 5.41) is 0. The summed E-state index contributed by atoms with van der Waals surface area (Å²) in [6.07, 6.45) is 1.74. The predicted octanol–water partition coefficient (Wildman–Crippen LogP) is 3.07. The van der Waals surface area contributed by atoms with Crippen LogP contribution in [0.1, 0.15) is 25.8 Å². The summed E-state index contributed by atoms with van der Waals surface area (Å²) in [6, 6.07) is 9.99. The van der Waals surface area contributed by atoms with Crippen LogP contribution in [0.3, 0.4) is 0 Å². The Bertz CT molecular complexity index is 309. The van der Waals surface area contributed by atoms with E-state index in [2.05, 4.69) is 0 Å². The second kappa shape index (κ2) is 4.61. The van der Waals surface area contributed by atoms with E-state index in [1.54, 1.807) is 0 Å². The predicted molar refractivity (Wildman–Crippen MR) is 55.4 cm³/mol. The molecule has 13 heavy (non-hydrogen) atoms. The van der Waals surface area contributed by atoms with E-state index in [4.69, 9.17) is 0 Å². The van der Waals surface area contributed by atoms with Gasteiger partial charge in [0, 0.05) is 0 Å². The standard InChI is InChI=1S/C12H14O/c1-3-11(9-13)10(2)12-7-5-4-6-8-12/h4-9H,3H2,1-2H3/b11-10+. The zero-order valence-electron chi connectivity index (χ0n) is 8.08. The van der Waals surface area contributed by atoms with Gasteiger partial charge in [-0.3, -0.25) is 4.79 Å². The van der Waals surface area contributed by atoms with Gasteiger partial charge in [0.25, 0.3) is 0 Å². The number of aldehydes is 1. The molecule has 0 heterocycles. The smallest absolute Gasteiger partial charge is 0.146 e. The van der Waals surface area contributed by atoms with Crippen LogP contribution in [0.15, 0.2) is 35.9 Å². The minimum absolute atomic E-state index is 0.796. The number of allylic oxidation sites excluding steroid dienone is 2. The lowest BCUT2D eigenvalue weighted by molar-refractivity contribution is -0.104. The first-order chi connectivity index (χ1) is 6.29. The van der Waals surface area contributed by atoms with Gasteiger partial charge >= 0.3 is 0 Å². The molecule has 0 amide bonds. The molecule has 0 fully saturated rings. The first-order valence-electron chi connectivity index (χ1n) is 4.50. The number of carbonyl (C=O) groups excluding carboxylic acids is 1. The van der Waals surface area contributed by atoms with Crippen molar-refractivity contribution in [3.8, 4) is 0 Å². The highest BCUT2D eigenvalue weighted by molar-refractivity contribution is 5.87. The summed E-state index contributed by atoms with van der Waals surface area (Å²) in [5.41, 5.74) is 3.09. The average Bonchev–Trinajstić information content (AvgIpc) is 2.21. The highest BCUT2D eigenvalue weighted by Gasteiger charge is 2.00. The second-order valence-corrected chi connectivity index (χ2v) is 2.99. The molecule has 1 nitrogen and oxygen atoms in total. The Kier molecular flexibility index (Phi) is 3.44. The van der Waals surface area contributed by atoms with Crippen LogP contribution in [0.4, 0.5) is 0 Å². The lowest BCUT2D eigenvalue weighted by Gasteiger charge is -2.04. The van der Waals surface area contributed by atoms with Crippen molar-refractivity contribution in [2.24, 2.45) is 0 Å². The second-order valence-electron chi connectivity index (χ2n) is 2.99. The lowest BCUT2D eigenvalue weighted by Crippen LogP contribution is -1.88. The maximum atomic E-state index is 10.7. The van der Waals surface area contributed by atoms with E-state index in [1.165, 1.54) is 0 Å². The van der Waals surface area contributed by atoms with E-state index < -0.39 is 0 Å². The summed E-state index contributed by atoms with van der Waals surface area (Å²) in [7, 11) is 0. The van der Waals surface area contributed by atoms with Gasteiger partial charge in [-0.2, -0.15) is 0 Å². The Balaban J connectivity index is 3.08. The van der Waals surface area contributed by atoms with Gasteiger partial charge in [0.1, 0.15) is 6.29 Å². The third-order valence-electron chi connectivity index (χ3n) is 2.21. The molecule has 0 aliphatic rings. The van der Waals surface area contributed by atoms with Crippen LogP contribution in [0.2, 0.25) is 0 Å². The van der Waals surface area contributed by atoms with Gasteiger partial charge in [0.2, 0.25) is 0 Å². The number of carbonyl (C=O) groups is 1. The molecule has 0 N–H and O–H groups in total. The van der Waals surface area contributed by atoms with Crippen LogP contribution in [0, 0.1) is 0 Å². The Morgan fingerprint density at radius 1 is 1.31 bits per heavy atom. The van der Waals surface area contributed by atoms with Gasteiger partial charge in [-0.25, -0.2) is 0 Å². The molecule has 1 heteroatoms. The van der Waals surface area contributed by atoms with Crippen molar-refractivity contribution in [2.75, 3.05) is 0 Å². The molecular weight excluding hydrogens is 160 g/mol. The first-order valence-corrected chi connectivity index (χ1v) is 4.50. The van der Waals surface area contributed by atoms with Crippen molar-refractivity contribution in [2.45, 2.75) is 20.3 Å². The molecule has 0 aliphatic heterocycles. The molecule has 1 rings (SSSR count). The lowest BCUT2D eigenvalue weighted by atomic mass is 10.0. The topological polar surface area (TPSA) is 17.1 Å². The van der Waals surface area contributed by atoms with E-state index in [-0.39, 0.29) is 0 Å². The zero-order chi connectivity index (χ0) is 9.68. The molecule has 0 aromatic heterocycles. The number of rotatable bonds is 3. The van der Waals surface area contributed by atoms with E-state index in [1.807, 2.05) is 44.2 Å². The SMILES string of the molecule is CC/C(C=O)=C(/C)c1ccccc1. The molecule has 1 aromatic rings. The summed E-state index contributed by atoms with van der Waals surface area (Å²) in [5.74, 6) is 0. The normalized spacial score (nSPS) is 12.2. The number of hydrogen-bond acceptors (Lipinski definition) is 1. The van der Waals surface area contributed by atoms with E-state index in [0.29, 0.717) is 0 Å². The Morgan fingerprint density at radius 3 is 2.38 bits per heavy atom. The maximum absolute atomic E-state index is 10.7. The molecular formula is C12H14O. The average molecular weight is 174 g/mol. The fourth-order valence-electron chi connectivity index (χ4n) is 1.31. The molecule has 0 aliphatic carbocycles. The molecule has 0 radical (unpaired) electrons. The largest absolute Gasteiger partial charge is 0.298 e. The van der Waals surface area contributed by atoms with Gasteiger partial charge in [-0.1, -0.05) is 37.3 Å². The molecule has 0 unspecified atom stereocenters. The highest BCUT2D eigenvalue weighted by Crippen LogP contribution is 2.18. The van der Waals surface area contributed by atoms with E-state index in [9.17, 15) is 4.79 Å². The third kappa shape index (κ3) is 2.28. The van der Waals surface area contributed by atoms with Crippen molar-refractivity contribution in [1.82, 2.24) is 0 Å². The van der Waals surface area contributed by atoms with E-state index >= 15 is 0 Å². The van der Waals surface area contributed by atoms with Crippen LogP contribution >= 0.6 is 0 Å². The Labute approximate surface area is 79.1 Å². The third-order valence-corrected chi connectivity index (χ3v) is 2.21. The summed E-state index contributed by atoms with van der Waals surface area (Å²) in [4.78, 5) is 10.7. The highest BCUT2D eigenvalue weighted by atomic mass is 16.1. The fraction of sp³-hybridized carbons (Fsp3) is 0.250. The van der Waals surface area contributed by atoms with Gasteiger partial charge in [0.05, 0.1) is 0 Å². The van der Waals surface area contributed by atoms with E-state index in [0.717, 1.165) is 29.4 Å². The van der Waals surface area contributed by atoms with Gasteiger partial charge in [-0.05, 0) is 30.1 Å². The Hall–Kier alpha value is -1.37. The molecule has 0 saturated carbocycles. The van der Waals surface area contributed by atoms with Gasteiger partial charge in [-0.15, -0.1) is 0 Å². The number of benzene rings is 1. The molecule has 1 aromatic carbocycles. The Morgan fingerprint density at radius 2 is 1.92 bits per heavy atom. The van der Waals surface area contributed by atoms with Gasteiger partial charge in [0.15, 0.2) is 0 Å². The van der Waals surface area contributed by atoms with Crippen molar-refractivity contribution in [3.05, 3.63) is 41.5 Å². The first kappa shape index (κ1) is 9.72. The summed E-state index contributed by atoms with van der Waals surface area (Å²) < 4.78 is 0. The van der Waals surface area contributed by atoms with Crippen molar-refractivity contribution < 1.29 is 4.79 Å². The maximum Gasteiger partial charge on any atom is 0.146 e. The minimum atomic E-state index is 0.796. The van der Waals surface area contributed by atoms with Crippen molar-refractivity contribution in [3.63, 3.8) is 0 Å². The van der Waals surface area contributed by atoms with Crippen molar-refractivity contribution >= 4 is 11.9 Å². The monoisotopic (exact) mass is 174 g/mol. The fourth-order valence-corrected chi connectivity index (χ4v) is 1.31. The van der Waals surface area contributed by atoms with Crippen molar-refractivity contribution in [1.29, 1.82) is 0 Å². The van der Waals surface area contributed by atoms with Crippen LogP contribution in [-0.4, -0.2) is 6.29 Å². The van der Waals surface area contributed by atoms with Crippen LogP contribution in [0.5, 0.6) is 0 Å². The molecule has 0 saturated heterocycles. The van der Waals surface area contributed by atoms with Crippen LogP contribution < -0.4 is 0 Å². The summed E-state index contributed by atoms with van der Waals surface area (Å²) >= 11 is 0. The van der Waals surface area contributed by atoms with Crippen LogP contribution in [-0.2, 0) is 4.79 Å². The quantitative estimate of drug-likeness (QED) is 0.508. The zero-order valence-corrected chi connectivity index (χ0v) is 8.08. The minimum Gasteiger partial charge on any atom is -0.298 e. The summed E-state index contributed by atoms with van der Waals surface area (Å²) in [6.45, 7) is 3.98. The number of hydrogen-bond donors (Lipinski definition) is 0. The molecule has 0 spiro atoms. The van der Waals surface area contributed by atoms with Gasteiger partial charge < -0.3 is 0 Å². The molecule has 0 atom stereocenters.